The summed E-state index contributed by atoms with van der Waals surface area (Å²) >= 11 is 0. The maximum Gasteiger partial charge on any atom is 0.329 e. The molecule has 5 rings (SSSR count). The van der Waals surface area contributed by atoms with E-state index >= 15 is 0 Å². The Hall–Kier alpha value is -2.41. The lowest BCUT2D eigenvalue weighted by Gasteiger charge is -2.30. The molecule has 3 aromatic heterocycles. The van der Waals surface area contributed by atoms with E-state index in [-0.39, 0.29) is 17.3 Å². The van der Waals surface area contributed by atoms with Crippen LogP contribution in [0.3, 0.4) is 0 Å². The molecule has 0 aliphatic heterocycles. The summed E-state index contributed by atoms with van der Waals surface area (Å²) in [6, 6.07) is 2.67. The Balaban J connectivity index is 1.42. The van der Waals surface area contributed by atoms with Crippen LogP contribution in [0.2, 0.25) is 0 Å². The second-order valence-electron chi connectivity index (χ2n) is 9.22. The first kappa shape index (κ1) is 17.7. The van der Waals surface area contributed by atoms with E-state index in [0.717, 1.165) is 37.6 Å². The molecule has 28 heavy (non-hydrogen) atoms. The zero-order valence-corrected chi connectivity index (χ0v) is 16.4. The van der Waals surface area contributed by atoms with Gasteiger partial charge in [0.15, 0.2) is 0 Å². The van der Waals surface area contributed by atoms with Gasteiger partial charge in [0, 0.05) is 29.9 Å². The topological polar surface area (TPSA) is 95.6 Å². The Morgan fingerprint density at radius 3 is 2.68 bits per heavy atom. The van der Waals surface area contributed by atoms with E-state index in [1.54, 1.807) is 12.4 Å². The highest BCUT2D eigenvalue weighted by atomic mass is 16.2. The highest BCUT2D eigenvalue weighted by molar-refractivity contribution is 6.01. The van der Waals surface area contributed by atoms with Crippen molar-refractivity contribution in [1.29, 1.82) is 0 Å². The summed E-state index contributed by atoms with van der Waals surface area (Å²) in [5.74, 6) is 0.659. The van der Waals surface area contributed by atoms with Crippen molar-refractivity contribution in [2.24, 2.45) is 11.3 Å². The second kappa shape index (κ2) is 6.30. The number of aromatic amines is 2. The third kappa shape index (κ3) is 2.89. The molecule has 3 N–H and O–H groups in total. The van der Waals surface area contributed by atoms with Crippen LogP contribution in [0.4, 0.5) is 0 Å². The molecule has 2 fully saturated rings. The predicted molar refractivity (Wildman–Crippen MR) is 110 cm³/mol. The largest absolute Gasteiger partial charge is 0.346 e. The Labute approximate surface area is 162 Å². The Bertz CT molecular complexity index is 1150. The fraction of sp³-hybridized carbons (Fsp3) is 0.571. The molecule has 2 aliphatic carbocycles. The van der Waals surface area contributed by atoms with Gasteiger partial charge in [-0.25, -0.2) is 9.78 Å². The van der Waals surface area contributed by atoms with Gasteiger partial charge in [0.25, 0.3) is 5.56 Å². The number of fused-ring (bicyclic) bond motifs is 3. The SMILES string of the molecule is CC1(C)CC1NCC1CCC(n2c(=O)[nH]c(=O)c3cnc4[nH]ccc4c32)CC1. The fourth-order valence-electron chi connectivity index (χ4n) is 4.83. The summed E-state index contributed by atoms with van der Waals surface area (Å²) in [6.45, 7) is 5.69. The molecule has 1 atom stereocenters. The lowest BCUT2D eigenvalue weighted by Crippen LogP contribution is -2.36. The third-order valence-corrected chi connectivity index (χ3v) is 6.83. The average Bonchev–Trinajstić information content (AvgIpc) is 3.04. The molecule has 7 heteroatoms. The van der Waals surface area contributed by atoms with E-state index in [4.69, 9.17) is 0 Å². The van der Waals surface area contributed by atoms with E-state index in [2.05, 4.69) is 34.1 Å². The number of aromatic nitrogens is 4. The van der Waals surface area contributed by atoms with Crippen LogP contribution in [-0.2, 0) is 0 Å². The number of H-pyrrole nitrogens is 2. The van der Waals surface area contributed by atoms with Crippen LogP contribution in [0.1, 0.15) is 52.0 Å². The molecule has 7 nitrogen and oxygen atoms in total. The van der Waals surface area contributed by atoms with Gasteiger partial charge < -0.3 is 10.3 Å². The van der Waals surface area contributed by atoms with Gasteiger partial charge in [-0.15, -0.1) is 0 Å². The highest BCUT2D eigenvalue weighted by Crippen LogP contribution is 2.45. The maximum atomic E-state index is 12.8. The van der Waals surface area contributed by atoms with Crippen molar-refractivity contribution in [2.45, 2.75) is 58.0 Å². The first-order valence-electron chi connectivity index (χ1n) is 10.3. The molecule has 148 valence electrons. The van der Waals surface area contributed by atoms with Crippen molar-refractivity contribution >= 4 is 21.9 Å². The van der Waals surface area contributed by atoms with Gasteiger partial charge in [-0.05, 0) is 56.0 Å². The van der Waals surface area contributed by atoms with E-state index in [9.17, 15) is 9.59 Å². The lowest BCUT2D eigenvalue weighted by atomic mass is 9.85. The molecule has 0 amide bonds. The van der Waals surface area contributed by atoms with Crippen LogP contribution >= 0.6 is 0 Å². The monoisotopic (exact) mass is 381 g/mol. The zero-order chi connectivity index (χ0) is 19.5. The van der Waals surface area contributed by atoms with Gasteiger partial charge in [0.2, 0.25) is 0 Å². The molecular weight excluding hydrogens is 354 g/mol. The number of nitrogens with zero attached hydrogens (tertiary/aromatic N) is 2. The molecule has 3 heterocycles. The Morgan fingerprint density at radius 2 is 1.96 bits per heavy atom. The maximum absolute atomic E-state index is 12.8. The number of hydrogen-bond acceptors (Lipinski definition) is 4. The van der Waals surface area contributed by atoms with Crippen LogP contribution in [0.15, 0.2) is 28.0 Å². The van der Waals surface area contributed by atoms with Crippen molar-refractivity contribution in [1.82, 2.24) is 24.8 Å². The number of hydrogen-bond donors (Lipinski definition) is 3. The minimum Gasteiger partial charge on any atom is -0.346 e. The standard InChI is InChI=1S/C21H27N5O2/c1-21(2)9-16(21)23-10-12-3-5-13(6-4-12)26-17-14-7-8-22-18(14)24-11-15(17)19(27)25-20(26)28/h7-8,11-13,16,23H,3-6,9-10H2,1-2H3,(H,22,24)(H,25,27,28). The molecule has 2 aliphatic rings. The molecule has 0 spiro atoms. The van der Waals surface area contributed by atoms with Crippen LogP contribution in [0.5, 0.6) is 0 Å². The second-order valence-corrected chi connectivity index (χ2v) is 9.22. The van der Waals surface area contributed by atoms with Gasteiger partial charge in [-0.1, -0.05) is 13.8 Å². The van der Waals surface area contributed by atoms with Gasteiger partial charge >= 0.3 is 5.69 Å². The lowest BCUT2D eigenvalue weighted by molar-refractivity contribution is 0.264. The smallest absolute Gasteiger partial charge is 0.329 e. The molecule has 1 unspecified atom stereocenters. The van der Waals surface area contributed by atoms with Crippen LogP contribution in [-0.4, -0.2) is 32.1 Å². The van der Waals surface area contributed by atoms with E-state index < -0.39 is 0 Å². The van der Waals surface area contributed by atoms with Gasteiger partial charge in [0.1, 0.15) is 5.65 Å². The summed E-state index contributed by atoms with van der Waals surface area (Å²) in [5.41, 5.74) is 1.19. The van der Waals surface area contributed by atoms with E-state index in [1.807, 2.05) is 10.6 Å². The average molecular weight is 381 g/mol. The van der Waals surface area contributed by atoms with Crippen LogP contribution in [0.25, 0.3) is 21.9 Å². The fourth-order valence-corrected chi connectivity index (χ4v) is 4.83. The molecule has 0 bridgehead atoms. The summed E-state index contributed by atoms with van der Waals surface area (Å²) in [7, 11) is 0. The Kier molecular flexibility index (Phi) is 3.98. The van der Waals surface area contributed by atoms with Gasteiger partial charge in [-0.3, -0.25) is 14.3 Å². The van der Waals surface area contributed by atoms with E-state index in [1.165, 1.54) is 6.42 Å². The normalized spacial score (nSPS) is 26.7. The zero-order valence-electron chi connectivity index (χ0n) is 16.4. The van der Waals surface area contributed by atoms with Crippen molar-refractivity contribution in [2.75, 3.05) is 6.54 Å². The molecule has 3 aromatic rings. The minimum absolute atomic E-state index is 0.112. The van der Waals surface area contributed by atoms with Gasteiger partial charge in [-0.2, -0.15) is 0 Å². The summed E-state index contributed by atoms with van der Waals surface area (Å²) in [5, 5.41) is 5.02. The van der Waals surface area contributed by atoms with Crippen molar-refractivity contribution in [3.63, 3.8) is 0 Å². The third-order valence-electron chi connectivity index (χ3n) is 6.83. The Morgan fingerprint density at radius 1 is 1.21 bits per heavy atom. The summed E-state index contributed by atoms with van der Waals surface area (Å²) < 4.78 is 1.81. The number of pyridine rings is 1. The minimum atomic E-state index is -0.364. The molecule has 2 saturated carbocycles. The number of rotatable bonds is 4. The summed E-state index contributed by atoms with van der Waals surface area (Å²) in [4.78, 5) is 35.0. The van der Waals surface area contributed by atoms with E-state index in [0.29, 0.717) is 33.9 Å². The van der Waals surface area contributed by atoms with Crippen molar-refractivity contribution < 1.29 is 0 Å². The van der Waals surface area contributed by atoms with Crippen LogP contribution in [0, 0.1) is 11.3 Å². The van der Waals surface area contributed by atoms with Crippen molar-refractivity contribution in [3.05, 3.63) is 39.3 Å². The predicted octanol–water partition coefficient (Wildman–Crippen LogP) is 2.69. The molecule has 0 radical (unpaired) electrons. The molecular formula is C21H27N5O2. The van der Waals surface area contributed by atoms with Gasteiger partial charge in [0.05, 0.1) is 10.9 Å². The van der Waals surface area contributed by atoms with Crippen molar-refractivity contribution in [3.8, 4) is 0 Å². The quantitative estimate of drug-likeness (QED) is 0.647. The number of nitrogens with one attached hydrogen (secondary N) is 3. The van der Waals surface area contributed by atoms with Crippen LogP contribution < -0.4 is 16.6 Å². The molecule has 0 saturated heterocycles. The summed E-state index contributed by atoms with van der Waals surface area (Å²) in [6.07, 6.45) is 8.73. The first-order chi connectivity index (χ1) is 13.4. The highest BCUT2D eigenvalue weighted by Gasteiger charge is 2.45. The first-order valence-corrected chi connectivity index (χ1v) is 10.3. The molecule has 0 aromatic carbocycles.